The van der Waals surface area contributed by atoms with Gasteiger partial charge in [0.25, 0.3) is 0 Å². The van der Waals surface area contributed by atoms with Gasteiger partial charge in [0, 0.05) is 6.04 Å². The maximum atomic E-state index is 12.4. The molecule has 0 aromatic carbocycles. The molecule has 7 nitrogen and oxygen atoms in total. The maximum Gasteiger partial charge on any atom is 0.325 e. The topological polar surface area (TPSA) is 98.9 Å². The highest BCUT2D eigenvalue weighted by molar-refractivity contribution is 5.89. The molecule has 0 aromatic heterocycles. The van der Waals surface area contributed by atoms with E-state index in [-0.39, 0.29) is 25.6 Å². The third kappa shape index (κ3) is 6.43. The Morgan fingerprint density at radius 2 is 1.82 bits per heavy atom. The summed E-state index contributed by atoms with van der Waals surface area (Å²) in [6, 6.07) is -0.994. The summed E-state index contributed by atoms with van der Waals surface area (Å²) in [5, 5.41) is 0. The molecule has 2 N–H and O–H groups in total. The van der Waals surface area contributed by atoms with E-state index < -0.39 is 29.5 Å². The van der Waals surface area contributed by atoms with E-state index in [1.807, 2.05) is 0 Å². The SMILES string of the molecule is CCOC(=O)CN(C(=O)[C@@H](N)CC(=O)OC(C)(C)C)C1CC1. The molecule has 0 aliphatic heterocycles. The van der Waals surface area contributed by atoms with Gasteiger partial charge in [0.15, 0.2) is 0 Å². The lowest BCUT2D eigenvalue weighted by Gasteiger charge is -2.25. The molecule has 0 saturated heterocycles. The molecule has 1 aliphatic carbocycles. The summed E-state index contributed by atoms with van der Waals surface area (Å²) in [5.41, 5.74) is 5.18. The summed E-state index contributed by atoms with van der Waals surface area (Å²) < 4.78 is 10.0. The van der Waals surface area contributed by atoms with Crippen LogP contribution in [0.4, 0.5) is 0 Å². The molecular weight excluding hydrogens is 288 g/mol. The molecule has 1 saturated carbocycles. The van der Waals surface area contributed by atoms with E-state index >= 15 is 0 Å². The highest BCUT2D eigenvalue weighted by Gasteiger charge is 2.37. The Labute approximate surface area is 131 Å². The van der Waals surface area contributed by atoms with Gasteiger partial charge in [-0.05, 0) is 40.5 Å². The van der Waals surface area contributed by atoms with Crippen LogP contribution in [0.3, 0.4) is 0 Å². The van der Waals surface area contributed by atoms with E-state index in [0.717, 1.165) is 12.8 Å². The monoisotopic (exact) mass is 314 g/mol. The lowest BCUT2D eigenvalue weighted by Crippen LogP contribution is -2.48. The Balaban J connectivity index is 2.58. The molecule has 0 heterocycles. The molecule has 0 bridgehead atoms. The molecule has 1 aliphatic rings. The van der Waals surface area contributed by atoms with Gasteiger partial charge in [0.1, 0.15) is 12.1 Å². The van der Waals surface area contributed by atoms with Crippen LogP contribution in [0.5, 0.6) is 0 Å². The molecule has 0 spiro atoms. The number of ether oxygens (including phenoxy) is 2. The molecule has 22 heavy (non-hydrogen) atoms. The van der Waals surface area contributed by atoms with E-state index in [1.165, 1.54) is 4.90 Å². The Hall–Kier alpha value is -1.63. The standard InChI is InChI=1S/C15H26N2O5/c1-5-21-13(19)9-17(10-6-7-10)14(20)11(16)8-12(18)22-15(2,3)4/h10-11H,5-9,16H2,1-4H3/t11-/m0/s1. The van der Waals surface area contributed by atoms with Gasteiger partial charge in [0.05, 0.1) is 19.1 Å². The zero-order valence-electron chi connectivity index (χ0n) is 13.8. The summed E-state index contributed by atoms with van der Waals surface area (Å²) in [7, 11) is 0. The average molecular weight is 314 g/mol. The quantitative estimate of drug-likeness (QED) is 0.691. The van der Waals surface area contributed by atoms with Gasteiger partial charge in [-0.15, -0.1) is 0 Å². The van der Waals surface area contributed by atoms with E-state index in [2.05, 4.69) is 0 Å². The first-order valence-electron chi connectivity index (χ1n) is 7.57. The smallest absolute Gasteiger partial charge is 0.325 e. The van der Waals surface area contributed by atoms with Crippen molar-refractivity contribution in [1.29, 1.82) is 0 Å². The van der Waals surface area contributed by atoms with Crippen LogP contribution in [0.1, 0.15) is 47.0 Å². The Morgan fingerprint density at radius 3 is 2.27 bits per heavy atom. The number of carbonyl (C=O) groups is 3. The predicted molar refractivity (Wildman–Crippen MR) is 79.8 cm³/mol. The predicted octanol–water partition coefficient (Wildman–Crippen LogP) is 0.600. The molecule has 1 amide bonds. The number of carbonyl (C=O) groups excluding carboxylic acids is 3. The van der Waals surface area contributed by atoms with Crippen molar-refractivity contribution in [2.24, 2.45) is 5.73 Å². The third-order valence-corrected chi connectivity index (χ3v) is 3.00. The zero-order chi connectivity index (χ0) is 16.9. The van der Waals surface area contributed by atoms with Crippen LogP contribution in [-0.2, 0) is 23.9 Å². The molecule has 0 aromatic rings. The minimum atomic E-state index is -1.01. The minimum Gasteiger partial charge on any atom is -0.465 e. The number of rotatable bonds is 7. The number of esters is 2. The number of hydrogen-bond donors (Lipinski definition) is 1. The van der Waals surface area contributed by atoms with Crippen molar-refractivity contribution in [2.75, 3.05) is 13.2 Å². The van der Waals surface area contributed by atoms with Crippen LogP contribution in [0.2, 0.25) is 0 Å². The third-order valence-electron chi connectivity index (χ3n) is 3.00. The molecule has 1 rings (SSSR count). The van der Waals surface area contributed by atoms with Crippen LogP contribution in [-0.4, -0.2) is 53.6 Å². The lowest BCUT2D eigenvalue weighted by atomic mass is 10.1. The van der Waals surface area contributed by atoms with Crippen molar-refractivity contribution in [3.8, 4) is 0 Å². The molecule has 7 heteroatoms. The highest BCUT2D eigenvalue weighted by Crippen LogP contribution is 2.27. The van der Waals surface area contributed by atoms with Crippen LogP contribution in [0.15, 0.2) is 0 Å². The average Bonchev–Trinajstić information content (AvgIpc) is 3.17. The highest BCUT2D eigenvalue weighted by atomic mass is 16.6. The second-order valence-corrected chi connectivity index (χ2v) is 6.40. The molecule has 0 unspecified atom stereocenters. The number of hydrogen-bond acceptors (Lipinski definition) is 6. The Kier molecular flexibility index (Phi) is 6.34. The number of amides is 1. The fourth-order valence-corrected chi connectivity index (χ4v) is 1.98. The van der Waals surface area contributed by atoms with Crippen molar-refractivity contribution < 1.29 is 23.9 Å². The summed E-state index contributed by atoms with van der Waals surface area (Å²) in [6.07, 6.45) is 1.47. The summed E-state index contributed by atoms with van der Waals surface area (Å²) in [6.45, 7) is 7.07. The molecule has 1 fully saturated rings. The first kappa shape index (κ1) is 18.4. The molecule has 0 radical (unpaired) electrons. The van der Waals surface area contributed by atoms with E-state index in [9.17, 15) is 14.4 Å². The number of nitrogens with two attached hydrogens (primary N) is 1. The first-order chi connectivity index (χ1) is 10.1. The first-order valence-corrected chi connectivity index (χ1v) is 7.57. The Bertz CT molecular complexity index is 426. The van der Waals surface area contributed by atoms with Crippen molar-refractivity contribution in [1.82, 2.24) is 4.90 Å². The lowest BCUT2D eigenvalue weighted by molar-refractivity contribution is -0.157. The minimum absolute atomic E-state index is 0.0154. The van der Waals surface area contributed by atoms with E-state index in [1.54, 1.807) is 27.7 Å². The summed E-state index contributed by atoms with van der Waals surface area (Å²) >= 11 is 0. The zero-order valence-corrected chi connectivity index (χ0v) is 13.8. The van der Waals surface area contributed by atoms with Crippen molar-refractivity contribution in [3.05, 3.63) is 0 Å². The van der Waals surface area contributed by atoms with Gasteiger partial charge >= 0.3 is 11.9 Å². The van der Waals surface area contributed by atoms with E-state index in [4.69, 9.17) is 15.2 Å². The fraction of sp³-hybridized carbons (Fsp3) is 0.800. The second-order valence-electron chi connectivity index (χ2n) is 6.40. The largest absolute Gasteiger partial charge is 0.465 e. The molecule has 1 atom stereocenters. The van der Waals surface area contributed by atoms with Crippen molar-refractivity contribution in [2.45, 2.75) is 64.6 Å². The Morgan fingerprint density at radius 1 is 1.23 bits per heavy atom. The fourth-order valence-electron chi connectivity index (χ4n) is 1.98. The van der Waals surface area contributed by atoms with Crippen LogP contribution in [0, 0.1) is 0 Å². The van der Waals surface area contributed by atoms with Crippen molar-refractivity contribution in [3.63, 3.8) is 0 Å². The van der Waals surface area contributed by atoms with Gasteiger partial charge in [-0.2, -0.15) is 0 Å². The van der Waals surface area contributed by atoms with Crippen LogP contribution >= 0.6 is 0 Å². The second kappa shape index (κ2) is 7.58. The van der Waals surface area contributed by atoms with Crippen molar-refractivity contribution >= 4 is 17.8 Å². The van der Waals surface area contributed by atoms with Crippen LogP contribution in [0.25, 0.3) is 0 Å². The maximum absolute atomic E-state index is 12.4. The van der Waals surface area contributed by atoms with Gasteiger partial charge in [0.2, 0.25) is 5.91 Å². The summed E-state index contributed by atoms with van der Waals surface area (Å²) in [4.78, 5) is 37.1. The van der Waals surface area contributed by atoms with Gasteiger partial charge in [-0.1, -0.05) is 0 Å². The van der Waals surface area contributed by atoms with Crippen LogP contribution < -0.4 is 5.73 Å². The van der Waals surface area contributed by atoms with Gasteiger partial charge < -0.3 is 20.1 Å². The normalized spacial score (nSPS) is 15.9. The van der Waals surface area contributed by atoms with Gasteiger partial charge in [-0.25, -0.2) is 0 Å². The molecular formula is C15H26N2O5. The van der Waals surface area contributed by atoms with Gasteiger partial charge in [-0.3, -0.25) is 14.4 Å². The summed E-state index contributed by atoms with van der Waals surface area (Å²) in [5.74, 6) is -1.41. The number of nitrogens with zero attached hydrogens (tertiary/aromatic N) is 1. The van der Waals surface area contributed by atoms with E-state index in [0.29, 0.717) is 0 Å². The molecule has 126 valence electrons.